The maximum absolute atomic E-state index is 10.9. The van der Waals surface area contributed by atoms with Crippen molar-refractivity contribution in [2.75, 3.05) is 0 Å². The van der Waals surface area contributed by atoms with E-state index in [-0.39, 0.29) is 0 Å². The van der Waals surface area contributed by atoms with Crippen LogP contribution in [-0.4, -0.2) is 28.1 Å². The molecule has 2 aliphatic rings. The van der Waals surface area contributed by atoms with E-state index < -0.39 is 5.97 Å². The zero-order valence-corrected chi connectivity index (χ0v) is 13.6. The van der Waals surface area contributed by atoms with Crippen LogP contribution >= 0.6 is 22.6 Å². The summed E-state index contributed by atoms with van der Waals surface area (Å²) in [5.41, 5.74) is 1.37. The number of halogens is 1. The van der Waals surface area contributed by atoms with Gasteiger partial charge in [-0.3, -0.25) is 9.69 Å². The lowest BCUT2D eigenvalue weighted by molar-refractivity contribution is -0.138. The van der Waals surface area contributed by atoms with Gasteiger partial charge >= 0.3 is 5.97 Å². The van der Waals surface area contributed by atoms with Crippen molar-refractivity contribution in [1.82, 2.24) is 4.90 Å². The molecule has 0 radical (unpaired) electrons. The third-order valence-electron chi connectivity index (χ3n) is 4.72. The van der Waals surface area contributed by atoms with E-state index in [0.717, 1.165) is 19.4 Å². The zero-order chi connectivity index (χ0) is 14.1. The number of rotatable bonds is 4. The van der Waals surface area contributed by atoms with Gasteiger partial charge in [0.2, 0.25) is 0 Å². The maximum Gasteiger partial charge on any atom is 0.303 e. The van der Waals surface area contributed by atoms with Crippen LogP contribution in [0.3, 0.4) is 0 Å². The van der Waals surface area contributed by atoms with E-state index in [1.807, 2.05) is 0 Å². The molecule has 3 nitrogen and oxygen atoms in total. The van der Waals surface area contributed by atoms with Gasteiger partial charge in [0.05, 0.1) is 0 Å². The highest BCUT2D eigenvalue weighted by molar-refractivity contribution is 14.1. The molecule has 1 N–H and O–H groups in total. The molecular weight excluding hydrogens is 365 g/mol. The Morgan fingerprint density at radius 2 is 1.80 bits per heavy atom. The third kappa shape index (κ3) is 3.17. The minimum Gasteiger partial charge on any atom is -0.481 e. The highest BCUT2D eigenvalue weighted by atomic mass is 127. The molecule has 2 atom stereocenters. The Labute approximate surface area is 133 Å². The van der Waals surface area contributed by atoms with Crippen LogP contribution in [0.1, 0.15) is 37.7 Å². The van der Waals surface area contributed by atoms with Crippen molar-refractivity contribution in [2.24, 2.45) is 5.92 Å². The number of hydrogen-bond acceptors (Lipinski definition) is 2. The molecule has 0 saturated carbocycles. The first kappa shape index (κ1) is 14.3. The number of benzene rings is 1. The first-order chi connectivity index (χ1) is 9.61. The predicted molar refractivity (Wildman–Crippen MR) is 86.5 cm³/mol. The van der Waals surface area contributed by atoms with E-state index in [4.69, 9.17) is 5.11 Å². The SMILES string of the molecule is O=C(O)CC1CC2CCC(C1)N2Cc1ccc(I)cc1. The lowest BCUT2D eigenvalue weighted by atomic mass is 9.88. The summed E-state index contributed by atoms with van der Waals surface area (Å²) in [6, 6.07) is 9.94. The predicted octanol–water partition coefficient (Wildman–Crippen LogP) is 3.51. The van der Waals surface area contributed by atoms with Gasteiger partial charge in [-0.2, -0.15) is 0 Å². The largest absolute Gasteiger partial charge is 0.481 e. The molecule has 0 amide bonds. The standard InChI is InChI=1S/C16H20INO2/c17-13-3-1-11(2-4-13)10-18-14-5-6-15(18)8-12(7-14)9-16(19)20/h1-4,12,14-15H,5-10H2,(H,19,20). The van der Waals surface area contributed by atoms with E-state index in [2.05, 4.69) is 51.8 Å². The van der Waals surface area contributed by atoms with Crippen molar-refractivity contribution in [3.05, 3.63) is 33.4 Å². The Balaban J connectivity index is 1.65. The second kappa shape index (κ2) is 6.02. The van der Waals surface area contributed by atoms with Crippen LogP contribution in [0.4, 0.5) is 0 Å². The van der Waals surface area contributed by atoms with Gasteiger partial charge in [0, 0.05) is 28.6 Å². The molecule has 4 heteroatoms. The molecule has 2 bridgehead atoms. The Kier molecular flexibility index (Phi) is 4.31. The number of aliphatic carboxylic acids is 1. The molecule has 2 unspecified atom stereocenters. The quantitative estimate of drug-likeness (QED) is 0.807. The van der Waals surface area contributed by atoms with E-state index in [1.165, 1.54) is 22.0 Å². The molecule has 1 aromatic rings. The van der Waals surface area contributed by atoms with E-state index in [1.54, 1.807) is 0 Å². The zero-order valence-electron chi connectivity index (χ0n) is 11.5. The molecule has 2 heterocycles. The second-order valence-electron chi connectivity index (χ2n) is 6.12. The van der Waals surface area contributed by atoms with Crippen LogP contribution < -0.4 is 0 Å². The fraction of sp³-hybridized carbons (Fsp3) is 0.562. The molecule has 0 spiro atoms. The highest BCUT2D eigenvalue weighted by Gasteiger charge is 2.40. The third-order valence-corrected chi connectivity index (χ3v) is 5.44. The monoisotopic (exact) mass is 385 g/mol. The van der Waals surface area contributed by atoms with Gasteiger partial charge < -0.3 is 5.11 Å². The van der Waals surface area contributed by atoms with E-state index in [0.29, 0.717) is 24.4 Å². The summed E-state index contributed by atoms with van der Waals surface area (Å²) < 4.78 is 1.27. The van der Waals surface area contributed by atoms with Crippen LogP contribution in [-0.2, 0) is 11.3 Å². The first-order valence-corrected chi connectivity index (χ1v) is 8.41. The summed E-state index contributed by atoms with van der Waals surface area (Å²) in [7, 11) is 0. The lowest BCUT2D eigenvalue weighted by Crippen LogP contribution is -2.42. The summed E-state index contributed by atoms with van der Waals surface area (Å²) >= 11 is 2.33. The van der Waals surface area contributed by atoms with Gasteiger partial charge in [-0.25, -0.2) is 0 Å². The smallest absolute Gasteiger partial charge is 0.303 e. The number of carboxylic acid groups (broad SMARTS) is 1. The van der Waals surface area contributed by atoms with Gasteiger partial charge in [0.15, 0.2) is 0 Å². The average Bonchev–Trinajstić information content (AvgIpc) is 2.63. The minimum atomic E-state index is -0.638. The maximum atomic E-state index is 10.9. The van der Waals surface area contributed by atoms with Gasteiger partial charge in [0.25, 0.3) is 0 Å². The molecule has 0 aromatic heterocycles. The molecule has 2 aliphatic heterocycles. The van der Waals surface area contributed by atoms with E-state index in [9.17, 15) is 4.79 Å². The first-order valence-electron chi connectivity index (χ1n) is 7.34. The van der Waals surface area contributed by atoms with Gasteiger partial charge in [-0.15, -0.1) is 0 Å². The van der Waals surface area contributed by atoms with E-state index >= 15 is 0 Å². The second-order valence-corrected chi connectivity index (χ2v) is 7.36. The normalized spacial score (nSPS) is 29.6. The highest BCUT2D eigenvalue weighted by Crippen LogP contribution is 2.40. The summed E-state index contributed by atoms with van der Waals surface area (Å²) in [6.07, 6.45) is 4.96. The average molecular weight is 385 g/mol. The fourth-order valence-electron chi connectivity index (χ4n) is 3.86. The number of piperidine rings is 1. The lowest BCUT2D eigenvalue weighted by Gasteiger charge is -2.38. The Morgan fingerprint density at radius 3 is 2.35 bits per heavy atom. The summed E-state index contributed by atoms with van der Waals surface area (Å²) in [6.45, 7) is 1.02. The molecule has 108 valence electrons. The van der Waals surface area contributed by atoms with Crippen LogP contribution in [0.2, 0.25) is 0 Å². The number of carbonyl (C=O) groups is 1. The molecule has 2 fully saturated rings. The van der Waals surface area contributed by atoms with Crippen LogP contribution in [0.5, 0.6) is 0 Å². The van der Waals surface area contributed by atoms with Crippen LogP contribution in [0.15, 0.2) is 24.3 Å². The van der Waals surface area contributed by atoms with Crippen LogP contribution in [0.25, 0.3) is 0 Å². The van der Waals surface area contributed by atoms with Crippen molar-refractivity contribution < 1.29 is 9.90 Å². The van der Waals surface area contributed by atoms with Gasteiger partial charge in [-0.1, -0.05) is 12.1 Å². The molecule has 0 aliphatic carbocycles. The summed E-state index contributed by atoms with van der Waals surface area (Å²) in [5.74, 6) is -0.251. The van der Waals surface area contributed by atoms with Crippen molar-refractivity contribution in [3.8, 4) is 0 Å². The fourth-order valence-corrected chi connectivity index (χ4v) is 4.22. The van der Waals surface area contributed by atoms with Crippen molar-refractivity contribution >= 4 is 28.6 Å². The van der Waals surface area contributed by atoms with Crippen molar-refractivity contribution in [2.45, 2.75) is 50.7 Å². The number of nitrogens with zero attached hydrogens (tertiary/aromatic N) is 1. The topological polar surface area (TPSA) is 40.5 Å². The Bertz CT molecular complexity index is 474. The number of fused-ring (bicyclic) bond motifs is 2. The van der Waals surface area contributed by atoms with Gasteiger partial charge in [0.1, 0.15) is 0 Å². The Hall–Kier alpha value is -0.620. The molecule has 3 rings (SSSR count). The summed E-state index contributed by atoms with van der Waals surface area (Å²) in [5, 5.41) is 8.97. The van der Waals surface area contributed by atoms with Crippen LogP contribution in [0, 0.1) is 9.49 Å². The minimum absolute atomic E-state index is 0.352. The number of hydrogen-bond donors (Lipinski definition) is 1. The molecule has 2 saturated heterocycles. The van der Waals surface area contributed by atoms with Crippen molar-refractivity contribution in [3.63, 3.8) is 0 Å². The molecule has 1 aromatic carbocycles. The number of carboxylic acids is 1. The summed E-state index contributed by atoms with van der Waals surface area (Å²) in [4.78, 5) is 13.5. The molecular formula is C16H20INO2. The molecule has 20 heavy (non-hydrogen) atoms. The Morgan fingerprint density at radius 1 is 1.20 bits per heavy atom. The van der Waals surface area contributed by atoms with Gasteiger partial charge in [-0.05, 0) is 71.9 Å². The van der Waals surface area contributed by atoms with Crippen molar-refractivity contribution in [1.29, 1.82) is 0 Å².